The fraction of sp³-hybridized carbons (Fsp3) is 0.400. The van der Waals surface area contributed by atoms with Gasteiger partial charge < -0.3 is 9.47 Å². The SMILES string of the molecule is C=C(C)C(=O)OCC1(C2CCCC3CC32)c2ccccc2Oc2ccccc21. The molecule has 0 amide bonds. The fourth-order valence-corrected chi connectivity index (χ4v) is 5.60. The maximum atomic E-state index is 12.4. The molecule has 1 aliphatic heterocycles. The van der Waals surface area contributed by atoms with Crippen molar-refractivity contribution in [1.82, 2.24) is 0 Å². The maximum absolute atomic E-state index is 12.4. The highest BCUT2D eigenvalue weighted by molar-refractivity contribution is 5.87. The molecule has 5 rings (SSSR count). The lowest BCUT2D eigenvalue weighted by Crippen LogP contribution is -2.45. The van der Waals surface area contributed by atoms with Crippen LogP contribution in [-0.2, 0) is 14.9 Å². The van der Waals surface area contributed by atoms with Gasteiger partial charge in [0, 0.05) is 16.7 Å². The van der Waals surface area contributed by atoms with Gasteiger partial charge in [0.25, 0.3) is 0 Å². The number of hydrogen-bond donors (Lipinski definition) is 0. The Morgan fingerprint density at radius 2 is 1.75 bits per heavy atom. The summed E-state index contributed by atoms with van der Waals surface area (Å²) < 4.78 is 12.2. The number of rotatable bonds is 4. The molecule has 2 aromatic carbocycles. The summed E-state index contributed by atoms with van der Waals surface area (Å²) in [6.07, 6.45) is 5.04. The van der Waals surface area contributed by atoms with Crippen LogP contribution in [0, 0.1) is 17.8 Å². The zero-order valence-corrected chi connectivity index (χ0v) is 16.3. The van der Waals surface area contributed by atoms with Crippen LogP contribution in [0.25, 0.3) is 0 Å². The van der Waals surface area contributed by atoms with Crippen LogP contribution in [0.15, 0.2) is 60.7 Å². The lowest BCUT2D eigenvalue weighted by atomic mass is 9.60. The molecule has 144 valence electrons. The predicted molar refractivity (Wildman–Crippen MR) is 108 cm³/mol. The maximum Gasteiger partial charge on any atom is 0.333 e. The van der Waals surface area contributed by atoms with E-state index >= 15 is 0 Å². The standard InChI is InChI=1S/C25H26O3/c1-16(2)24(26)27-15-25(19-11-7-8-17-14-18(17)19)20-9-3-5-12-22(20)28-23-13-6-4-10-21(23)25/h3-6,9-10,12-13,17-19H,1,7-8,11,14-15H2,2H3. The first kappa shape index (κ1) is 17.5. The van der Waals surface area contributed by atoms with Crippen molar-refractivity contribution in [1.29, 1.82) is 0 Å². The Morgan fingerprint density at radius 3 is 2.39 bits per heavy atom. The summed E-state index contributed by atoms with van der Waals surface area (Å²) in [4.78, 5) is 12.4. The van der Waals surface area contributed by atoms with Crippen LogP contribution >= 0.6 is 0 Å². The number of esters is 1. The van der Waals surface area contributed by atoms with Gasteiger partial charge >= 0.3 is 5.97 Å². The third-order valence-electron chi connectivity index (χ3n) is 6.95. The highest BCUT2D eigenvalue weighted by Gasteiger charge is 2.58. The van der Waals surface area contributed by atoms with Crippen molar-refractivity contribution >= 4 is 5.97 Å². The molecule has 3 heteroatoms. The van der Waals surface area contributed by atoms with Gasteiger partial charge in [0.1, 0.15) is 18.1 Å². The van der Waals surface area contributed by atoms with Gasteiger partial charge in [-0.1, -0.05) is 55.8 Å². The van der Waals surface area contributed by atoms with Crippen LogP contribution < -0.4 is 4.74 Å². The van der Waals surface area contributed by atoms with Crippen LogP contribution in [0.3, 0.4) is 0 Å². The topological polar surface area (TPSA) is 35.5 Å². The lowest BCUT2D eigenvalue weighted by molar-refractivity contribution is -0.141. The summed E-state index contributed by atoms with van der Waals surface area (Å²) in [5.74, 6) is 3.44. The lowest BCUT2D eigenvalue weighted by Gasteiger charge is -2.46. The molecule has 0 saturated heterocycles. The van der Waals surface area contributed by atoms with Crippen LogP contribution in [0.1, 0.15) is 43.7 Å². The summed E-state index contributed by atoms with van der Waals surface area (Å²) >= 11 is 0. The van der Waals surface area contributed by atoms with E-state index < -0.39 is 0 Å². The third-order valence-corrected chi connectivity index (χ3v) is 6.95. The van der Waals surface area contributed by atoms with Crippen molar-refractivity contribution < 1.29 is 14.3 Å². The molecule has 0 radical (unpaired) electrons. The number of fused-ring (bicyclic) bond motifs is 3. The van der Waals surface area contributed by atoms with Gasteiger partial charge in [-0.05, 0) is 49.7 Å². The first-order chi connectivity index (χ1) is 13.6. The molecule has 28 heavy (non-hydrogen) atoms. The summed E-state index contributed by atoms with van der Waals surface area (Å²) in [6.45, 7) is 5.81. The van der Waals surface area contributed by atoms with E-state index in [2.05, 4.69) is 30.8 Å². The molecule has 3 unspecified atom stereocenters. The van der Waals surface area contributed by atoms with Gasteiger partial charge in [0.2, 0.25) is 0 Å². The van der Waals surface area contributed by atoms with Crippen molar-refractivity contribution in [3.8, 4) is 11.5 Å². The van der Waals surface area contributed by atoms with Crippen LogP contribution in [-0.4, -0.2) is 12.6 Å². The molecule has 0 aromatic heterocycles. The van der Waals surface area contributed by atoms with Gasteiger partial charge in [-0.3, -0.25) is 0 Å². The Bertz CT molecular complexity index is 899. The van der Waals surface area contributed by atoms with Crippen molar-refractivity contribution in [3.63, 3.8) is 0 Å². The van der Waals surface area contributed by atoms with Crippen LogP contribution in [0.5, 0.6) is 11.5 Å². The summed E-state index contributed by atoms with van der Waals surface area (Å²) in [6, 6.07) is 16.5. The quantitative estimate of drug-likeness (QED) is 0.514. The average Bonchev–Trinajstić information content (AvgIpc) is 3.51. The van der Waals surface area contributed by atoms with Gasteiger partial charge in [-0.15, -0.1) is 0 Å². The molecule has 0 bridgehead atoms. The second-order valence-electron chi connectivity index (χ2n) is 8.62. The number of para-hydroxylation sites is 2. The molecule has 0 N–H and O–H groups in total. The second-order valence-corrected chi connectivity index (χ2v) is 8.62. The monoisotopic (exact) mass is 374 g/mol. The van der Waals surface area contributed by atoms with E-state index in [1.54, 1.807) is 6.92 Å². The normalized spacial score (nSPS) is 26.1. The minimum Gasteiger partial charge on any atom is -0.461 e. The van der Waals surface area contributed by atoms with Crippen molar-refractivity contribution in [2.24, 2.45) is 17.8 Å². The van der Waals surface area contributed by atoms with E-state index in [4.69, 9.17) is 9.47 Å². The fourth-order valence-electron chi connectivity index (χ4n) is 5.60. The van der Waals surface area contributed by atoms with E-state index in [9.17, 15) is 4.79 Å². The highest BCUT2D eigenvalue weighted by Crippen LogP contribution is 2.63. The number of benzene rings is 2. The largest absolute Gasteiger partial charge is 0.461 e. The molecule has 2 aromatic rings. The summed E-state index contributed by atoms with van der Waals surface area (Å²) in [5, 5.41) is 0. The first-order valence-corrected chi connectivity index (χ1v) is 10.3. The Balaban J connectivity index is 1.69. The highest BCUT2D eigenvalue weighted by atomic mass is 16.5. The number of carbonyl (C=O) groups excluding carboxylic acids is 1. The van der Waals surface area contributed by atoms with Crippen molar-refractivity contribution in [3.05, 3.63) is 71.8 Å². The van der Waals surface area contributed by atoms with Crippen LogP contribution in [0.4, 0.5) is 0 Å². The first-order valence-electron chi connectivity index (χ1n) is 10.3. The molecular formula is C25H26O3. The molecule has 2 aliphatic carbocycles. The second kappa shape index (κ2) is 6.51. The Hall–Kier alpha value is -2.55. The van der Waals surface area contributed by atoms with E-state index in [1.807, 2.05) is 24.3 Å². The van der Waals surface area contributed by atoms with Crippen molar-refractivity contribution in [2.75, 3.05) is 6.61 Å². The average molecular weight is 374 g/mol. The Kier molecular flexibility index (Phi) is 4.08. The Labute approximate surface area is 166 Å². The van der Waals surface area contributed by atoms with E-state index in [0.29, 0.717) is 24.0 Å². The molecule has 2 saturated carbocycles. The zero-order chi connectivity index (χ0) is 19.3. The van der Waals surface area contributed by atoms with Gasteiger partial charge in [0.15, 0.2) is 0 Å². The smallest absolute Gasteiger partial charge is 0.333 e. The molecular weight excluding hydrogens is 348 g/mol. The molecule has 3 aliphatic rings. The third kappa shape index (κ3) is 2.60. The minimum absolute atomic E-state index is 0.316. The summed E-state index contributed by atoms with van der Waals surface area (Å²) in [5.41, 5.74) is 2.38. The molecule has 1 heterocycles. The molecule has 0 spiro atoms. The van der Waals surface area contributed by atoms with Gasteiger partial charge in [-0.2, -0.15) is 0 Å². The van der Waals surface area contributed by atoms with Crippen molar-refractivity contribution in [2.45, 2.75) is 38.0 Å². The Morgan fingerprint density at radius 1 is 1.11 bits per heavy atom. The number of carbonyl (C=O) groups is 1. The van der Waals surface area contributed by atoms with E-state index in [0.717, 1.165) is 35.0 Å². The van der Waals surface area contributed by atoms with Gasteiger partial charge in [0.05, 0.1) is 5.41 Å². The number of ether oxygens (including phenoxy) is 2. The molecule has 3 atom stereocenters. The van der Waals surface area contributed by atoms with Crippen LogP contribution in [0.2, 0.25) is 0 Å². The zero-order valence-electron chi connectivity index (χ0n) is 16.3. The predicted octanol–water partition coefficient (Wildman–Crippen LogP) is 5.63. The molecule has 3 nitrogen and oxygen atoms in total. The van der Waals surface area contributed by atoms with E-state index in [-0.39, 0.29) is 11.4 Å². The summed E-state index contributed by atoms with van der Waals surface area (Å²) in [7, 11) is 0. The number of hydrogen-bond acceptors (Lipinski definition) is 3. The van der Waals surface area contributed by atoms with Gasteiger partial charge in [-0.25, -0.2) is 4.79 Å². The minimum atomic E-state index is -0.365. The molecule has 2 fully saturated rings. The van der Waals surface area contributed by atoms with E-state index in [1.165, 1.54) is 19.3 Å².